The predicted octanol–water partition coefficient (Wildman–Crippen LogP) is 3.09. The molecule has 0 saturated heterocycles. The van der Waals surface area contributed by atoms with Crippen molar-refractivity contribution in [3.8, 4) is 11.4 Å². The average molecular weight is 331 g/mol. The molecule has 2 aromatic rings. The van der Waals surface area contributed by atoms with Crippen LogP contribution >= 0.6 is 0 Å². The Morgan fingerprint density at radius 2 is 1.92 bits per heavy atom. The first-order valence-corrected chi connectivity index (χ1v) is 7.74. The molecule has 0 N–H and O–H groups in total. The summed E-state index contributed by atoms with van der Waals surface area (Å²) in [5, 5.41) is 14.6. The van der Waals surface area contributed by atoms with E-state index in [1.807, 2.05) is 0 Å². The lowest BCUT2D eigenvalue weighted by molar-refractivity contribution is -0.384. The molecule has 8 nitrogen and oxygen atoms in total. The number of rotatable bonds is 4. The van der Waals surface area contributed by atoms with Crippen LogP contribution in [0.15, 0.2) is 28.8 Å². The first kappa shape index (κ1) is 16.1. The van der Waals surface area contributed by atoms with Crippen LogP contribution in [0.1, 0.15) is 37.5 Å². The third-order valence-electron chi connectivity index (χ3n) is 4.39. The van der Waals surface area contributed by atoms with Crippen LogP contribution in [0.25, 0.3) is 11.4 Å². The highest BCUT2D eigenvalue weighted by atomic mass is 16.6. The molecule has 0 spiro atoms. The normalized spacial score (nSPS) is 20.5. The number of non-ortho nitro benzene ring substituents is 1. The highest BCUT2D eigenvalue weighted by molar-refractivity contribution is 5.72. The van der Waals surface area contributed by atoms with E-state index in [1.54, 1.807) is 12.1 Å². The zero-order chi connectivity index (χ0) is 17.1. The molecule has 1 aliphatic carbocycles. The maximum atomic E-state index is 11.6. The number of carbonyl (C=O) groups excluding carboxylic acids is 1. The first-order chi connectivity index (χ1) is 11.6. The van der Waals surface area contributed by atoms with Crippen molar-refractivity contribution in [2.24, 2.45) is 5.92 Å². The van der Waals surface area contributed by atoms with E-state index in [-0.39, 0.29) is 23.5 Å². The van der Waals surface area contributed by atoms with Crippen LogP contribution in [0.4, 0.5) is 5.69 Å². The van der Waals surface area contributed by atoms with Crippen molar-refractivity contribution in [2.75, 3.05) is 7.11 Å². The number of nitro groups is 1. The van der Waals surface area contributed by atoms with Crippen molar-refractivity contribution in [3.05, 3.63) is 40.3 Å². The lowest BCUT2D eigenvalue weighted by Gasteiger charge is -2.24. The van der Waals surface area contributed by atoms with Gasteiger partial charge in [0.15, 0.2) is 0 Å². The van der Waals surface area contributed by atoms with E-state index in [2.05, 4.69) is 10.1 Å². The van der Waals surface area contributed by atoms with Gasteiger partial charge in [0.2, 0.25) is 11.7 Å². The molecule has 0 unspecified atom stereocenters. The predicted molar refractivity (Wildman–Crippen MR) is 83.1 cm³/mol. The van der Waals surface area contributed by atoms with E-state index < -0.39 is 4.92 Å². The Hall–Kier alpha value is -2.77. The largest absolute Gasteiger partial charge is 0.469 e. The Kier molecular flexibility index (Phi) is 4.54. The third-order valence-corrected chi connectivity index (χ3v) is 4.39. The number of ether oxygens (including phenoxy) is 1. The molecule has 1 fully saturated rings. The molecule has 1 aromatic heterocycles. The zero-order valence-electron chi connectivity index (χ0n) is 13.2. The Bertz CT molecular complexity index is 732. The van der Waals surface area contributed by atoms with E-state index in [4.69, 9.17) is 9.26 Å². The number of aromatic nitrogens is 2. The maximum Gasteiger partial charge on any atom is 0.308 e. The van der Waals surface area contributed by atoms with Crippen molar-refractivity contribution in [3.63, 3.8) is 0 Å². The van der Waals surface area contributed by atoms with Crippen LogP contribution in [0.2, 0.25) is 0 Å². The Labute approximate surface area is 138 Å². The van der Waals surface area contributed by atoms with Crippen molar-refractivity contribution in [2.45, 2.75) is 31.6 Å². The van der Waals surface area contributed by atoms with Crippen LogP contribution in [0.5, 0.6) is 0 Å². The van der Waals surface area contributed by atoms with Gasteiger partial charge in [0, 0.05) is 23.6 Å². The molecule has 1 aliphatic rings. The number of carbonyl (C=O) groups is 1. The summed E-state index contributed by atoms with van der Waals surface area (Å²) in [7, 11) is 1.41. The highest BCUT2D eigenvalue weighted by Crippen LogP contribution is 2.36. The smallest absolute Gasteiger partial charge is 0.308 e. The van der Waals surface area contributed by atoms with Gasteiger partial charge in [-0.05, 0) is 37.8 Å². The molecular formula is C16H17N3O5. The molecule has 1 heterocycles. The molecule has 8 heteroatoms. The fourth-order valence-electron chi connectivity index (χ4n) is 2.99. The monoisotopic (exact) mass is 331 g/mol. The van der Waals surface area contributed by atoms with Crippen molar-refractivity contribution in [1.82, 2.24) is 10.1 Å². The minimum atomic E-state index is -0.453. The van der Waals surface area contributed by atoms with E-state index in [1.165, 1.54) is 19.2 Å². The Balaban J connectivity index is 1.68. The summed E-state index contributed by atoms with van der Waals surface area (Å²) in [6, 6.07) is 6.02. The number of benzene rings is 1. The van der Waals surface area contributed by atoms with Crippen molar-refractivity contribution in [1.29, 1.82) is 0 Å². The summed E-state index contributed by atoms with van der Waals surface area (Å²) in [6.07, 6.45) is 3.07. The fraction of sp³-hybridized carbons (Fsp3) is 0.438. The molecule has 126 valence electrons. The highest BCUT2D eigenvalue weighted by Gasteiger charge is 2.30. The molecule has 1 aromatic carbocycles. The Morgan fingerprint density at radius 1 is 1.25 bits per heavy atom. The number of nitrogens with zero attached hydrogens (tertiary/aromatic N) is 3. The summed E-state index contributed by atoms with van der Waals surface area (Å²) in [5.41, 5.74) is 0.683. The SMILES string of the molecule is COC(=O)C1CCC(c2nc(-c3ccc([N+](=O)[O-])cc3)no2)CC1. The van der Waals surface area contributed by atoms with Crippen LogP contribution < -0.4 is 0 Å². The van der Waals surface area contributed by atoms with Gasteiger partial charge in [-0.25, -0.2) is 0 Å². The van der Waals surface area contributed by atoms with E-state index in [0.717, 1.165) is 25.7 Å². The van der Waals surface area contributed by atoms with Gasteiger partial charge in [-0.1, -0.05) is 5.16 Å². The molecule has 24 heavy (non-hydrogen) atoms. The number of hydrogen-bond acceptors (Lipinski definition) is 7. The average Bonchev–Trinajstić information content (AvgIpc) is 3.11. The lowest BCUT2D eigenvalue weighted by atomic mass is 9.82. The summed E-state index contributed by atoms with van der Waals surface area (Å²) in [4.78, 5) is 26.2. The molecule has 0 bridgehead atoms. The van der Waals surface area contributed by atoms with Gasteiger partial charge >= 0.3 is 5.97 Å². The second-order valence-corrected chi connectivity index (χ2v) is 5.83. The van der Waals surface area contributed by atoms with Crippen LogP contribution in [0, 0.1) is 16.0 Å². The summed E-state index contributed by atoms with van der Waals surface area (Å²) >= 11 is 0. The van der Waals surface area contributed by atoms with Crippen molar-refractivity contribution >= 4 is 11.7 Å². The van der Waals surface area contributed by atoms with Crippen LogP contribution in [0.3, 0.4) is 0 Å². The molecular weight excluding hydrogens is 314 g/mol. The van der Waals surface area contributed by atoms with Gasteiger partial charge in [-0.15, -0.1) is 0 Å². The second-order valence-electron chi connectivity index (χ2n) is 5.83. The van der Waals surface area contributed by atoms with E-state index >= 15 is 0 Å². The molecule has 0 amide bonds. The molecule has 0 radical (unpaired) electrons. The summed E-state index contributed by atoms with van der Waals surface area (Å²) < 4.78 is 10.1. The third kappa shape index (κ3) is 3.27. The maximum absolute atomic E-state index is 11.6. The van der Waals surface area contributed by atoms with E-state index in [9.17, 15) is 14.9 Å². The zero-order valence-corrected chi connectivity index (χ0v) is 13.2. The van der Waals surface area contributed by atoms with Crippen LogP contribution in [-0.2, 0) is 9.53 Å². The Morgan fingerprint density at radius 3 is 2.50 bits per heavy atom. The first-order valence-electron chi connectivity index (χ1n) is 7.74. The summed E-state index contributed by atoms with van der Waals surface area (Å²) in [6.45, 7) is 0. The number of hydrogen-bond donors (Lipinski definition) is 0. The number of nitro benzene ring substituents is 1. The van der Waals surface area contributed by atoms with Crippen LogP contribution in [-0.4, -0.2) is 28.1 Å². The summed E-state index contributed by atoms with van der Waals surface area (Å²) in [5.74, 6) is 0.876. The van der Waals surface area contributed by atoms with Gasteiger partial charge in [-0.2, -0.15) is 4.98 Å². The van der Waals surface area contributed by atoms with Gasteiger partial charge < -0.3 is 9.26 Å². The molecule has 0 aliphatic heterocycles. The minimum Gasteiger partial charge on any atom is -0.469 e. The molecule has 0 atom stereocenters. The number of methoxy groups -OCH3 is 1. The number of esters is 1. The minimum absolute atomic E-state index is 0.0172. The van der Waals surface area contributed by atoms with Gasteiger partial charge in [-0.3, -0.25) is 14.9 Å². The lowest BCUT2D eigenvalue weighted by Crippen LogP contribution is -2.22. The van der Waals surface area contributed by atoms with E-state index in [0.29, 0.717) is 17.3 Å². The van der Waals surface area contributed by atoms with Gasteiger partial charge in [0.05, 0.1) is 18.0 Å². The topological polar surface area (TPSA) is 108 Å². The fourth-order valence-corrected chi connectivity index (χ4v) is 2.99. The van der Waals surface area contributed by atoms with Gasteiger partial charge in [0.1, 0.15) is 0 Å². The van der Waals surface area contributed by atoms with Crippen molar-refractivity contribution < 1.29 is 19.0 Å². The standard InChI is InChI=1S/C16H17N3O5/c1-23-16(20)12-4-2-11(3-5-12)15-17-14(18-24-15)10-6-8-13(9-7-10)19(21)22/h6-9,11-12H,2-5H2,1H3. The van der Waals surface area contributed by atoms with Gasteiger partial charge in [0.25, 0.3) is 5.69 Å². The quantitative estimate of drug-likeness (QED) is 0.481. The molecule has 1 saturated carbocycles. The second kappa shape index (κ2) is 6.77. The molecule has 3 rings (SSSR count).